The summed E-state index contributed by atoms with van der Waals surface area (Å²) in [5, 5.41) is 0.817. The minimum atomic E-state index is -1.43. The first-order valence-corrected chi connectivity index (χ1v) is 9.57. The summed E-state index contributed by atoms with van der Waals surface area (Å²) in [5.74, 6) is 1.59. The molecule has 5 heteroatoms. The second-order valence-electron chi connectivity index (χ2n) is 5.60. The number of aromatic nitrogens is 1. The Labute approximate surface area is 149 Å². The molecule has 0 aliphatic heterocycles. The van der Waals surface area contributed by atoms with Crippen LogP contribution in [0.1, 0.15) is 16.8 Å². The van der Waals surface area contributed by atoms with Gasteiger partial charge in [0, 0.05) is 0 Å². The van der Waals surface area contributed by atoms with Gasteiger partial charge in [0.1, 0.15) is 0 Å². The van der Waals surface area contributed by atoms with Crippen molar-refractivity contribution >= 4 is 34.7 Å². The molecule has 1 heterocycles. The van der Waals surface area contributed by atoms with Crippen LogP contribution < -0.4 is 7.06 Å². The molecule has 0 fully saturated rings. The second-order valence-corrected chi connectivity index (χ2v) is 6.99. The van der Waals surface area contributed by atoms with Crippen LogP contribution in [0.25, 0.3) is 15.7 Å². The van der Waals surface area contributed by atoms with Crippen molar-refractivity contribution in [1.82, 2.24) is 4.98 Å². The van der Waals surface area contributed by atoms with Crippen LogP contribution in [0.4, 0.5) is 5.69 Å². The van der Waals surface area contributed by atoms with E-state index in [1.165, 1.54) is 0 Å². The zero-order valence-electron chi connectivity index (χ0n) is 13.8. The van der Waals surface area contributed by atoms with Gasteiger partial charge in [0.15, 0.2) is 0 Å². The van der Waals surface area contributed by atoms with Crippen LogP contribution in [0.5, 0.6) is 11.5 Å². The number of hydrogen-bond acceptors (Lipinski definition) is 3. The van der Waals surface area contributed by atoms with Crippen LogP contribution >= 0.6 is 0 Å². The predicted octanol–water partition coefficient (Wildman–Crippen LogP) is 4.70. The van der Waals surface area contributed by atoms with Gasteiger partial charge in [0.2, 0.25) is 0 Å². The summed E-state index contributed by atoms with van der Waals surface area (Å²) in [6, 6.07) is 13.5. The molecule has 2 aromatic carbocycles. The van der Waals surface area contributed by atoms with Crippen molar-refractivity contribution < 1.29 is 7.06 Å². The van der Waals surface area contributed by atoms with Crippen molar-refractivity contribution in [3.05, 3.63) is 70.7 Å². The third kappa shape index (κ3) is 3.25. The molecular formula is C19H16GaN2O2. The van der Waals surface area contributed by atoms with Crippen LogP contribution in [0.15, 0.2) is 42.5 Å². The summed E-state index contributed by atoms with van der Waals surface area (Å²) < 4.78 is 11.9. The SMILES string of the molecule is [C-]#[N+]c1ccc([O][Ga][O]c2c(C)cccc2C)c2nc(C)ccc12. The van der Waals surface area contributed by atoms with E-state index >= 15 is 0 Å². The van der Waals surface area contributed by atoms with E-state index in [2.05, 4.69) is 9.83 Å². The topological polar surface area (TPSA) is 35.7 Å². The van der Waals surface area contributed by atoms with Gasteiger partial charge in [0.25, 0.3) is 0 Å². The number of pyridine rings is 1. The average Bonchev–Trinajstić information content (AvgIpc) is 2.57. The summed E-state index contributed by atoms with van der Waals surface area (Å²) in [5.41, 5.74) is 4.43. The average molecular weight is 374 g/mol. The molecule has 0 N–H and O–H groups in total. The van der Waals surface area contributed by atoms with Crippen molar-refractivity contribution in [2.45, 2.75) is 20.8 Å². The van der Waals surface area contributed by atoms with E-state index in [1.54, 1.807) is 6.07 Å². The van der Waals surface area contributed by atoms with Gasteiger partial charge in [-0.25, -0.2) is 0 Å². The Bertz CT molecular complexity index is 928. The molecule has 1 radical (unpaired) electrons. The van der Waals surface area contributed by atoms with Crippen LogP contribution in [0.2, 0.25) is 0 Å². The molecule has 3 aromatic rings. The maximum atomic E-state index is 7.29. The quantitative estimate of drug-likeness (QED) is 0.491. The zero-order valence-corrected chi connectivity index (χ0v) is 16.3. The van der Waals surface area contributed by atoms with E-state index in [0.717, 1.165) is 33.5 Å². The fourth-order valence-electron chi connectivity index (χ4n) is 2.58. The molecule has 0 saturated heterocycles. The number of fused-ring (bicyclic) bond motifs is 1. The van der Waals surface area contributed by atoms with Crippen LogP contribution in [0, 0.1) is 27.3 Å². The summed E-state index contributed by atoms with van der Waals surface area (Å²) >= 11 is -1.43. The van der Waals surface area contributed by atoms with Crippen molar-refractivity contribution in [3.63, 3.8) is 0 Å². The molecule has 0 spiro atoms. The Balaban J connectivity index is 1.86. The fraction of sp³-hybridized carbons (Fsp3) is 0.158. The predicted molar refractivity (Wildman–Crippen MR) is 95.7 cm³/mol. The normalized spacial score (nSPS) is 10.2. The third-order valence-electron chi connectivity index (χ3n) is 3.81. The Kier molecular flexibility index (Phi) is 4.79. The van der Waals surface area contributed by atoms with Crippen molar-refractivity contribution in [1.29, 1.82) is 0 Å². The molecule has 24 heavy (non-hydrogen) atoms. The van der Waals surface area contributed by atoms with Gasteiger partial charge < -0.3 is 0 Å². The minimum absolute atomic E-state index is 0.587. The standard InChI is InChI=1S/C11H8N2O.C8H10O.Ga/c1-7-3-4-8-9(12-2)5-6-10(14)11(8)13-7;1-6-4-3-5-7(2)8(6)9;/h3-6,14H,1H3;3-5,9H,1-2H3;/q;;+2/p-2. The van der Waals surface area contributed by atoms with Crippen LogP contribution in [0.3, 0.4) is 0 Å². The fourth-order valence-corrected chi connectivity index (χ4v) is 4.28. The number of para-hydroxylation sites is 1. The van der Waals surface area contributed by atoms with E-state index in [1.807, 2.05) is 57.2 Å². The molecule has 0 amide bonds. The maximum absolute atomic E-state index is 7.29. The van der Waals surface area contributed by atoms with E-state index in [-0.39, 0.29) is 0 Å². The first-order valence-electron chi connectivity index (χ1n) is 7.59. The van der Waals surface area contributed by atoms with Gasteiger partial charge in [-0.3, -0.25) is 0 Å². The molecule has 4 nitrogen and oxygen atoms in total. The monoisotopic (exact) mass is 373 g/mol. The van der Waals surface area contributed by atoms with Gasteiger partial charge in [-0.2, -0.15) is 0 Å². The van der Waals surface area contributed by atoms with Gasteiger partial charge in [-0.15, -0.1) is 0 Å². The molecule has 3 rings (SSSR count). The molecule has 0 aliphatic rings. The van der Waals surface area contributed by atoms with E-state index < -0.39 is 18.1 Å². The molecule has 0 unspecified atom stereocenters. The van der Waals surface area contributed by atoms with Gasteiger partial charge in [0.05, 0.1) is 0 Å². The Morgan fingerprint density at radius 2 is 1.71 bits per heavy atom. The van der Waals surface area contributed by atoms with Crippen molar-refractivity contribution in [2.24, 2.45) is 0 Å². The van der Waals surface area contributed by atoms with Gasteiger partial charge in [-0.05, 0) is 0 Å². The molecular weight excluding hydrogens is 358 g/mol. The van der Waals surface area contributed by atoms with E-state index in [4.69, 9.17) is 13.6 Å². The van der Waals surface area contributed by atoms with Crippen LogP contribution in [-0.2, 0) is 0 Å². The molecule has 0 saturated carbocycles. The number of aryl methyl sites for hydroxylation is 3. The van der Waals surface area contributed by atoms with Crippen molar-refractivity contribution in [3.8, 4) is 11.5 Å². The molecule has 0 atom stereocenters. The summed E-state index contributed by atoms with van der Waals surface area (Å²) in [4.78, 5) is 8.10. The molecule has 0 aliphatic carbocycles. The number of nitrogens with zero attached hydrogens (tertiary/aromatic N) is 2. The third-order valence-corrected chi connectivity index (χ3v) is 5.24. The van der Waals surface area contributed by atoms with Crippen LogP contribution in [-0.4, -0.2) is 23.1 Å². The first-order chi connectivity index (χ1) is 11.6. The van der Waals surface area contributed by atoms with Crippen molar-refractivity contribution in [2.75, 3.05) is 0 Å². The van der Waals surface area contributed by atoms with Gasteiger partial charge >= 0.3 is 150 Å². The van der Waals surface area contributed by atoms with Gasteiger partial charge in [-0.1, -0.05) is 0 Å². The summed E-state index contributed by atoms with van der Waals surface area (Å²) in [6.07, 6.45) is 0. The summed E-state index contributed by atoms with van der Waals surface area (Å²) in [7, 11) is 0. The molecule has 1 aromatic heterocycles. The number of hydrogen-bond donors (Lipinski definition) is 0. The molecule has 117 valence electrons. The summed E-state index contributed by atoms with van der Waals surface area (Å²) in [6.45, 7) is 13.3. The Morgan fingerprint density at radius 1 is 0.958 bits per heavy atom. The Morgan fingerprint density at radius 3 is 2.42 bits per heavy atom. The molecule has 0 bridgehead atoms. The first kappa shape index (κ1) is 16.4. The number of rotatable bonds is 4. The number of benzene rings is 2. The van der Waals surface area contributed by atoms with E-state index in [0.29, 0.717) is 11.4 Å². The zero-order chi connectivity index (χ0) is 17.1. The van der Waals surface area contributed by atoms with E-state index in [9.17, 15) is 0 Å². The Hall–Kier alpha value is -2.42. The second kappa shape index (κ2) is 6.99.